The quantitative estimate of drug-likeness (QED) is 0.899. The molecule has 0 radical (unpaired) electrons. The summed E-state index contributed by atoms with van der Waals surface area (Å²) in [6.07, 6.45) is 0.914. The van der Waals surface area contributed by atoms with Crippen molar-refractivity contribution in [1.29, 1.82) is 0 Å². The molecule has 2 aliphatic rings. The van der Waals surface area contributed by atoms with Gasteiger partial charge in [0.25, 0.3) is 0 Å². The Morgan fingerprint density at radius 1 is 0.958 bits per heavy atom. The third-order valence-corrected chi connectivity index (χ3v) is 6.47. The minimum atomic E-state index is -3.31. The molecule has 2 N–H and O–H groups in total. The molecule has 124 valence electrons. The SMILES string of the molecule is O=C(N[C@H]1C[C@@H]1c1ccccc1)N[C@@H]1CS(=O)(=O)c2ccccc21. The second kappa shape index (κ2) is 5.63. The number of hydrogen-bond donors (Lipinski definition) is 2. The second-order valence-electron chi connectivity index (χ2n) is 6.35. The van der Waals surface area contributed by atoms with Crippen molar-refractivity contribution in [3.63, 3.8) is 0 Å². The Labute approximate surface area is 141 Å². The van der Waals surface area contributed by atoms with Gasteiger partial charge in [0.05, 0.1) is 16.7 Å². The fourth-order valence-electron chi connectivity index (χ4n) is 3.36. The van der Waals surface area contributed by atoms with E-state index in [-0.39, 0.29) is 17.8 Å². The second-order valence-corrected chi connectivity index (χ2v) is 8.35. The highest BCUT2D eigenvalue weighted by molar-refractivity contribution is 7.91. The first-order valence-corrected chi connectivity index (χ1v) is 9.63. The maximum atomic E-state index is 12.2. The molecule has 1 aliphatic heterocycles. The van der Waals surface area contributed by atoms with Gasteiger partial charge in [0.15, 0.2) is 9.84 Å². The van der Waals surface area contributed by atoms with Crippen LogP contribution in [0, 0.1) is 0 Å². The molecule has 1 aliphatic carbocycles. The molecule has 0 aromatic heterocycles. The van der Waals surface area contributed by atoms with Gasteiger partial charge in [-0.15, -0.1) is 0 Å². The summed E-state index contributed by atoms with van der Waals surface area (Å²) < 4.78 is 24.3. The highest BCUT2D eigenvalue weighted by atomic mass is 32.2. The molecule has 1 fully saturated rings. The number of carbonyl (C=O) groups is 1. The van der Waals surface area contributed by atoms with E-state index in [2.05, 4.69) is 22.8 Å². The Hall–Kier alpha value is -2.34. The van der Waals surface area contributed by atoms with Gasteiger partial charge in [0, 0.05) is 12.0 Å². The van der Waals surface area contributed by atoms with Crippen LogP contribution in [0.2, 0.25) is 0 Å². The average molecular weight is 342 g/mol. The van der Waals surface area contributed by atoms with E-state index < -0.39 is 15.9 Å². The molecule has 4 rings (SSSR count). The Balaban J connectivity index is 1.40. The third-order valence-electron chi connectivity index (χ3n) is 4.66. The highest BCUT2D eigenvalue weighted by Crippen LogP contribution is 2.40. The largest absolute Gasteiger partial charge is 0.335 e. The Morgan fingerprint density at radius 3 is 2.46 bits per heavy atom. The zero-order valence-corrected chi connectivity index (χ0v) is 13.8. The molecular formula is C18H18N2O3S. The van der Waals surface area contributed by atoms with Gasteiger partial charge >= 0.3 is 6.03 Å². The Bertz CT molecular complexity index is 880. The molecule has 1 saturated carbocycles. The van der Waals surface area contributed by atoms with Crippen LogP contribution in [0.25, 0.3) is 0 Å². The van der Waals surface area contributed by atoms with Crippen LogP contribution in [-0.4, -0.2) is 26.2 Å². The molecule has 3 atom stereocenters. The van der Waals surface area contributed by atoms with Crippen molar-refractivity contribution in [2.24, 2.45) is 0 Å². The van der Waals surface area contributed by atoms with Crippen molar-refractivity contribution in [1.82, 2.24) is 10.6 Å². The summed E-state index contributed by atoms with van der Waals surface area (Å²) in [4.78, 5) is 12.6. The number of urea groups is 1. The first kappa shape index (κ1) is 15.2. The monoisotopic (exact) mass is 342 g/mol. The number of benzene rings is 2. The van der Waals surface area contributed by atoms with Crippen LogP contribution >= 0.6 is 0 Å². The first-order valence-electron chi connectivity index (χ1n) is 7.98. The third kappa shape index (κ3) is 2.78. The predicted octanol–water partition coefficient (Wildman–Crippen LogP) is 2.37. The van der Waals surface area contributed by atoms with Crippen molar-refractivity contribution >= 4 is 15.9 Å². The molecule has 24 heavy (non-hydrogen) atoms. The van der Waals surface area contributed by atoms with Crippen molar-refractivity contribution in [3.05, 3.63) is 65.7 Å². The van der Waals surface area contributed by atoms with Crippen LogP contribution in [0.15, 0.2) is 59.5 Å². The van der Waals surface area contributed by atoms with E-state index in [1.54, 1.807) is 24.3 Å². The van der Waals surface area contributed by atoms with E-state index in [4.69, 9.17) is 0 Å². The van der Waals surface area contributed by atoms with Crippen LogP contribution in [0.4, 0.5) is 4.79 Å². The number of carbonyl (C=O) groups excluding carboxylic acids is 1. The number of sulfone groups is 1. The molecular weight excluding hydrogens is 324 g/mol. The minimum absolute atomic E-state index is 0.0768. The van der Waals surface area contributed by atoms with E-state index in [1.165, 1.54) is 5.56 Å². The molecule has 2 aromatic carbocycles. The van der Waals surface area contributed by atoms with Gasteiger partial charge < -0.3 is 10.6 Å². The number of nitrogens with one attached hydrogen (secondary N) is 2. The zero-order valence-electron chi connectivity index (χ0n) is 13.0. The summed E-state index contributed by atoms with van der Waals surface area (Å²) >= 11 is 0. The summed E-state index contributed by atoms with van der Waals surface area (Å²) in [5.74, 6) is 0.267. The zero-order chi connectivity index (χ0) is 16.7. The first-order chi connectivity index (χ1) is 11.5. The molecule has 2 aromatic rings. The molecule has 2 amide bonds. The number of hydrogen-bond acceptors (Lipinski definition) is 3. The van der Waals surface area contributed by atoms with Crippen molar-refractivity contribution in [2.45, 2.75) is 29.3 Å². The van der Waals surface area contributed by atoms with E-state index in [0.29, 0.717) is 16.4 Å². The standard InChI is InChI=1S/C18H18N2O3S/c21-18(19-15-10-14(15)12-6-2-1-3-7-12)20-16-11-24(22,23)17-9-5-4-8-13(16)17/h1-9,14-16H,10-11H2,(H2,19,20,21)/t14-,15+,16-/m1/s1. The van der Waals surface area contributed by atoms with E-state index in [1.807, 2.05) is 18.2 Å². The lowest BCUT2D eigenvalue weighted by Crippen LogP contribution is -2.40. The summed E-state index contributed by atoms with van der Waals surface area (Å²) in [5.41, 5.74) is 1.89. The molecule has 1 heterocycles. The summed E-state index contributed by atoms with van der Waals surface area (Å²) in [6.45, 7) is 0. The van der Waals surface area contributed by atoms with Crippen molar-refractivity contribution in [3.8, 4) is 0 Å². The maximum Gasteiger partial charge on any atom is 0.315 e. The maximum absolute atomic E-state index is 12.2. The topological polar surface area (TPSA) is 75.3 Å². The van der Waals surface area contributed by atoms with Gasteiger partial charge in [-0.3, -0.25) is 0 Å². The number of rotatable bonds is 3. The van der Waals surface area contributed by atoms with Crippen LogP contribution in [0.3, 0.4) is 0 Å². The van der Waals surface area contributed by atoms with E-state index >= 15 is 0 Å². The van der Waals surface area contributed by atoms with Crippen LogP contribution < -0.4 is 10.6 Å². The molecule has 0 bridgehead atoms. The van der Waals surface area contributed by atoms with Crippen molar-refractivity contribution in [2.75, 3.05) is 5.75 Å². The fourth-order valence-corrected chi connectivity index (χ4v) is 5.10. The number of fused-ring (bicyclic) bond motifs is 1. The Kier molecular flexibility index (Phi) is 3.57. The Morgan fingerprint density at radius 2 is 1.67 bits per heavy atom. The summed E-state index contributed by atoms with van der Waals surface area (Å²) in [6, 6.07) is 16.2. The van der Waals surface area contributed by atoms with Crippen LogP contribution in [0.1, 0.15) is 29.5 Å². The van der Waals surface area contributed by atoms with Gasteiger partial charge in [-0.25, -0.2) is 13.2 Å². The van der Waals surface area contributed by atoms with E-state index in [0.717, 1.165) is 6.42 Å². The normalized spacial score (nSPS) is 26.4. The minimum Gasteiger partial charge on any atom is -0.335 e. The molecule has 0 spiro atoms. The lowest BCUT2D eigenvalue weighted by molar-refractivity contribution is 0.237. The van der Waals surface area contributed by atoms with Gasteiger partial charge in [0.2, 0.25) is 0 Å². The summed E-state index contributed by atoms with van der Waals surface area (Å²) in [5, 5.41) is 5.75. The lowest BCUT2D eigenvalue weighted by Gasteiger charge is -2.13. The van der Waals surface area contributed by atoms with Crippen molar-refractivity contribution < 1.29 is 13.2 Å². The fraction of sp³-hybridized carbons (Fsp3) is 0.278. The highest BCUT2D eigenvalue weighted by Gasteiger charge is 2.40. The smallest absolute Gasteiger partial charge is 0.315 e. The lowest BCUT2D eigenvalue weighted by atomic mass is 10.1. The van der Waals surface area contributed by atoms with E-state index in [9.17, 15) is 13.2 Å². The molecule has 0 saturated heterocycles. The predicted molar refractivity (Wildman–Crippen MR) is 90.5 cm³/mol. The van der Waals surface area contributed by atoms with Gasteiger partial charge in [-0.1, -0.05) is 48.5 Å². The summed E-state index contributed by atoms with van der Waals surface area (Å²) in [7, 11) is -3.31. The molecule has 5 nitrogen and oxygen atoms in total. The van der Waals surface area contributed by atoms with Crippen LogP contribution in [-0.2, 0) is 9.84 Å². The van der Waals surface area contributed by atoms with Crippen LogP contribution in [0.5, 0.6) is 0 Å². The van der Waals surface area contributed by atoms with Gasteiger partial charge in [-0.05, 0) is 23.6 Å². The average Bonchev–Trinajstić information content (AvgIpc) is 3.28. The number of amides is 2. The molecule has 0 unspecified atom stereocenters. The van der Waals surface area contributed by atoms with Gasteiger partial charge in [-0.2, -0.15) is 0 Å². The van der Waals surface area contributed by atoms with Gasteiger partial charge in [0.1, 0.15) is 0 Å². The molecule has 6 heteroatoms.